The summed E-state index contributed by atoms with van der Waals surface area (Å²) in [5, 5.41) is 0. The molecule has 0 saturated heterocycles. The Hall–Kier alpha value is -2.80. The van der Waals surface area contributed by atoms with Crippen molar-refractivity contribution in [1.82, 2.24) is 0 Å². The summed E-state index contributed by atoms with van der Waals surface area (Å²) in [7, 11) is 0. The van der Waals surface area contributed by atoms with E-state index < -0.39 is 0 Å². The summed E-state index contributed by atoms with van der Waals surface area (Å²) < 4.78 is 5.91. The Kier molecular flexibility index (Phi) is 3.83. The highest BCUT2D eigenvalue weighted by Gasteiger charge is 2.01. The zero-order chi connectivity index (χ0) is 14.5. The summed E-state index contributed by atoms with van der Waals surface area (Å²) in [5.74, 6) is 1.66. The number of benzene rings is 3. The Morgan fingerprint density at radius 1 is 0.667 bits per heavy atom. The maximum atomic E-state index is 5.91. The fourth-order valence-electron chi connectivity index (χ4n) is 2.18. The van der Waals surface area contributed by atoms with Crippen molar-refractivity contribution in [3.05, 3.63) is 91.0 Å². The van der Waals surface area contributed by atoms with Gasteiger partial charge in [-0.2, -0.15) is 0 Å². The van der Waals surface area contributed by atoms with Crippen molar-refractivity contribution in [3.8, 4) is 22.6 Å². The van der Waals surface area contributed by atoms with Crippen LogP contribution in [-0.2, 0) is 0 Å². The highest BCUT2D eigenvalue weighted by atomic mass is 16.5. The molecule has 0 aliphatic carbocycles. The van der Waals surface area contributed by atoms with Crippen molar-refractivity contribution in [3.63, 3.8) is 0 Å². The molecule has 3 rings (SSSR count). The van der Waals surface area contributed by atoms with Gasteiger partial charge < -0.3 is 4.74 Å². The van der Waals surface area contributed by atoms with Crippen LogP contribution in [0.15, 0.2) is 85.4 Å². The van der Waals surface area contributed by atoms with Gasteiger partial charge in [-0.15, -0.1) is 0 Å². The standard InChI is InChI=1S/C20H16O/c1-2-16-11-13-19(14-12-16)21-20-10-6-9-18(15-20)17-7-4-3-5-8-17/h2-15H,1H2. The minimum atomic E-state index is 0.825. The SMILES string of the molecule is C=Cc1ccc(Oc2cccc(-c3ccccc3)c2)cc1. The largest absolute Gasteiger partial charge is 0.457 e. The second kappa shape index (κ2) is 6.10. The molecule has 0 amide bonds. The lowest BCUT2D eigenvalue weighted by Crippen LogP contribution is -1.85. The Morgan fingerprint density at radius 2 is 1.38 bits per heavy atom. The van der Waals surface area contributed by atoms with Crippen LogP contribution in [-0.4, -0.2) is 0 Å². The van der Waals surface area contributed by atoms with Gasteiger partial charge >= 0.3 is 0 Å². The maximum Gasteiger partial charge on any atom is 0.128 e. The zero-order valence-corrected chi connectivity index (χ0v) is 11.7. The van der Waals surface area contributed by atoms with Crippen LogP contribution in [0.1, 0.15) is 5.56 Å². The molecule has 1 nitrogen and oxygen atoms in total. The lowest BCUT2D eigenvalue weighted by Gasteiger charge is -2.08. The summed E-state index contributed by atoms with van der Waals surface area (Å²) in [6, 6.07) is 26.3. The molecule has 0 spiro atoms. The lowest BCUT2D eigenvalue weighted by atomic mass is 10.1. The van der Waals surface area contributed by atoms with E-state index in [0.29, 0.717) is 0 Å². The average molecular weight is 272 g/mol. The molecule has 0 aromatic heterocycles. The Morgan fingerprint density at radius 3 is 2.10 bits per heavy atom. The minimum Gasteiger partial charge on any atom is -0.457 e. The highest BCUT2D eigenvalue weighted by Crippen LogP contribution is 2.27. The molecule has 102 valence electrons. The van der Waals surface area contributed by atoms with E-state index >= 15 is 0 Å². The van der Waals surface area contributed by atoms with Gasteiger partial charge in [0.1, 0.15) is 11.5 Å². The quantitative estimate of drug-likeness (QED) is 0.584. The van der Waals surface area contributed by atoms with E-state index in [2.05, 4.69) is 30.8 Å². The number of hydrogen-bond donors (Lipinski definition) is 0. The van der Waals surface area contributed by atoms with Crippen LogP contribution in [0, 0.1) is 0 Å². The molecule has 0 heterocycles. The Bertz CT molecular complexity index is 727. The maximum absolute atomic E-state index is 5.91. The summed E-state index contributed by atoms with van der Waals surface area (Å²) in [4.78, 5) is 0. The third kappa shape index (κ3) is 3.21. The first-order valence-corrected chi connectivity index (χ1v) is 6.91. The van der Waals surface area contributed by atoms with Crippen LogP contribution < -0.4 is 4.74 Å². The van der Waals surface area contributed by atoms with Crippen LogP contribution in [0.25, 0.3) is 17.2 Å². The molecule has 0 aliphatic rings. The number of hydrogen-bond acceptors (Lipinski definition) is 1. The van der Waals surface area contributed by atoms with Crippen molar-refractivity contribution in [1.29, 1.82) is 0 Å². The molecule has 3 aromatic rings. The average Bonchev–Trinajstić information content (AvgIpc) is 2.57. The van der Waals surface area contributed by atoms with Crippen LogP contribution in [0.2, 0.25) is 0 Å². The molecule has 0 aliphatic heterocycles. The summed E-state index contributed by atoms with van der Waals surface area (Å²) in [6.07, 6.45) is 1.82. The topological polar surface area (TPSA) is 9.23 Å². The van der Waals surface area contributed by atoms with Gasteiger partial charge in [0.15, 0.2) is 0 Å². The smallest absolute Gasteiger partial charge is 0.128 e. The van der Waals surface area contributed by atoms with Crippen molar-refractivity contribution in [2.45, 2.75) is 0 Å². The molecule has 0 radical (unpaired) electrons. The molecule has 0 fully saturated rings. The number of rotatable bonds is 4. The van der Waals surface area contributed by atoms with E-state index in [1.165, 1.54) is 5.56 Å². The summed E-state index contributed by atoms with van der Waals surface area (Å²) in [6.45, 7) is 3.75. The van der Waals surface area contributed by atoms with E-state index in [4.69, 9.17) is 4.74 Å². The van der Waals surface area contributed by atoms with Crippen LogP contribution >= 0.6 is 0 Å². The molecular formula is C20H16O. The third-order valence-corrected chi connectivity index (χ3v) is 3.29. The third-order valence-electron chi connectivity index (χ3n) is 3.29. The van der Waals surface area contributed by atoms with E-state index in [0.717, 1.165) is 22.6 Å². The molecule has 0 N–H and O–H groups in total. The normalized spacial score (nSPS) is 10.1. The van der Waals surface area contributed by atoms with Crippen molar-refractivity contribution in [2.75, 3.05) is 0 Å². The molecule has 21 heavy (non-hydrogen) atoms. The predicted octanol–water partition coefficient (Wildman–Crippen LogP) is 5.79. The minimum absolute atomic E-state index is 0.825. The van der Waals surface area contributed by atoms with Gasteiger partial charge in [-0.05, 0) is 41.0 Å². The highest BCUT2D eigenvalue weighted by molar-refractivity contribution is 5.65. The molecule has 0 atom stereocenters. The van der Waals surface area contributed by atoms with Crippen LogP contribution in [0.3, 0.4) is 0 Å². The van der Waals surface area contributed by atoms with Crippen molar-refractivity contribution in [2.24, 2.45) is 0 Å². The van der Waals surface area contributed by atoms with Gasteiger partial charge in [-0.1, -0.05) is 67.3 Å². The van der Waals surface area contributed by atoms with Crippen LogP contribution in [0.4, 0.5) is 0 Å². The van der Waals surface area contributed by atoms with Gasteiger partial charge in [-0.25, -0.2) is 0 Å². The first-order chi connectivity index (χ1) is 10.3. The molecule has 0 saturated carbocycles. The molecule has 0 bridgehead atoms. The van der Waals surface area contributed by atoms with Gasteiger partial charge in [0.25, 0.3) is 0 Å². The van der Waals surface area contributed by atoms with Crippen molar-refractivity contribution >= 4 is 6.08 Å². The Labute approximate surface area is 125 Å². The van der Waals surface area contributed by atoms with Crippen LogP contribution in [0.5, 0.6) is 11.5 Å². The van der Waals surface area contributed by atoms with E-state index in [1.807, 2.05) is 60.7 Å². The second-order valence-corrected chi connectivity index (χ2v) is 4.77. The number of ether oxygens (including phenoxy) is 1. The molecule has 3 aromatic carbocycles. The predicted molar refractivity (Wildman–Crippen MR) is 88.5 cm³/mol. The van der Waals surface area contributed by atoms with Gasteiger partial charge in [0.2, 0.25) is 0 Å². The molecule has 0 unspecified atom stereocenters. The fourth-order valence-corrected chi connectivity index (χ4v) is 2.18. The zero-order valence-electron chi connectivity index (χ0n) is 11.7. The van der Waals surface area contributed by atoms with E-state index in [9.17, 15) is 0 Å². The monoisotopic (exact) mass is 272 g/mol. The van der Waals surface area contributed by atoms with Gasteiger partial charge in [-0.3, -0.25) is 0 Å². The summed E-state index contributed by atoms with van der Waals surface area (Å²) >= 11 is 0. The van der Waals surface area contributed by atoms with E-state index in [-0.39, 0.29) is 0 Å². The van der Waals surface area contributed by atoms with Gasteiger partial charge in [0.05, 0.1) is 0 Å². The molecular weight excluding hydrogens is 256 g/mol. The van der Waals surface area contributed by atoms with Crippen molar-refractivity contribution < 1.29 is 4.74 Å². The first-order valence-electron chi connectivity index (χ1n) is 6.91. The molecule has 1 heteroatoms. The lowest BCUT2D eigenvalue weighted by molar-refractivity contribution is 0.483. The van der Waals surface area contributed by atoms with E-state index in [1.54, 1.807) is 0 Å². The van der Waals surface area contributed by atoms with Gasteiger partial charge in [0, 0.05) is 0 Å². The summed E-state index contributed by atoms with van der Waals surface area (Å²) in [5.41, 5.74) is 3.42. The second-order valence-electron chi connectivity index (χ2n) is 4.77. The first kappa shape index (κ1) is 13.2. The Balaban J connectivity index is 1.84. The fraction of sp³-hybridized carbons (Fsp3) is 0.